The van der Waals surface area contributed by atoms with Gasteiger partial charge in [-0.2, -0.15) is 0 Å². The number of hydrogen-bond donors (Lipinski definition) is 1. The Labute approximate surface area is 228 Å². The third-order valence-electron chi connectivity index (χ3n) is 5.84. The Morgan fingerprint density at radius 3 is 2.15 bits per heavy atom. The normalized spacial score (nSPS) is 12.5. The van der Waals surface area contributed by atoms with Crippen molar-refractivity contribution in [2.75, 3.05) is 17.1 Å². The number of anilines is 1. The van der Waals surface area contributed by atoms with Crippen LogP contribution in [-0.2, 0) is 32.6 Å². The van der Waals surface area contributed by atoms with E-state index in [-0.39, 0.29) is 24.2 Å². The van der Waals surface area contributed by atoms with Gasteiger partial charge < -0.3 is 10.2 Å². The highest BCUT2D eigenvalue weighted by Gasteiger charge is 2.34. The maximum absolute atomic E-state index is 14.8. The predicted octanol–water partition coefficient (Wildman–Crippen LogP) is 4.29. The maximum atomic E-state index is 14.8. The molecule has 10 heteroatoms. The van der Waals surface area contributed by atoms with Gasteiger partial charge in [0.05, 0.1) is 11.9 Å². The molecule has 0 saturated heterocycles. The molecular weight excluding hydrogens is 524 g/mol. The molecule has 0 aromatic heterocycles. The minimum absolute atomic E-state index is 0.0459. The third-order valence-corrected chi connectivity index (χ3v) is 6.98. The minimum Gasteiger partial charge on any atom is -0.350 e. The number of benzene rings is 3. The number of sulfonamides is 1. The van der Waals surface area contributed by atoms with Gasteiger partial charge in [0.15, 0.2) is 0 Å². The van der Waals surface area contributed by atoms with Crippen LogP contribution in [0.3, 0.4) is 0 Å². The lowest BCUT2D eigenvalue weighted by Gasteiger charge is -2.35. The molecule has 39 heavy (non-hydrogen) atoms. The Bertz CT molecular complexity index is 1410. The van der Waals surface area contributed by atoms with Crippen LogP contribution in [0.2, 0.25) is 0 Å². The molecule has 0 bridgehead atoms. The lowest BCUT2D eigenvalue weighted by molar-refractivity contribution is -0.140. The molecule has 3 aromatic carbocycles. The fraction of sp³-hybridized carbons (Fsp3) is 0.310. The van der Waals surface area contributed by atoms with Crippen LogP contribution in [0.25, 0.3) is 0 Å². The highest BCUT2D eigenvalue weighted by atomic mass is 32.2. The number of nitrogens with zero attached hydrogens (tertiary/aromatic N) is 2. The molecule has 1 atom stereocenters. The summed E-state index contributed by atoms with van der Waals surface area (Å²) in [6.45, 7) is 4.38. The summed E-state index contributed by atoms with van der Waals surface area (Å²) in [5.41, 5.74) is 0.224. The van der Waals surface area contributed by atoms with Crippen LogP contribution >= 0.6 is 0 Å². The van der Waals surface area contributed by atoms with Gasteiger partial charge in [-0.25, -0.2) is 17.2 Å². The van der Waals surface area contributed by atoms with Crippen LogP contribution in [0.5, 0.6) is 0 Å². The van der Waals surface area contributed by atoms with Gasteiger partial charge in [0.25, 0.3) is 0 Å². The summed E-state index contributed by atoms with van der Waals surface area (Å²) in [7, 11) is -4.03. The van der Waals surface area contributed by atoms with E-state index < -0.39 is 51.6 Å². The highest BCUT2D eigenvalue weighted by molar-refractivity contribution is 7.92. The first-order chi connectivity index (χ1) is 18.2. The van der Waals surface area contributed by atoms with Crippen molar-refractivity contribution in [3.63, 3.8) is 0 Å². The average molecular weight is 558 g/mol. The van der Waals surface area contributed by atoms with E-state index >= 15 is 0 Å². The van der Waals surface area contributed by atoms with Gasteiger partial charge in [-0.1, -0.05) is 54.6 Å². The van der Waals surface area contributed by atoms with Crippen molar-refractivity contribution in [2.45, 2.75) is 45.3 Å². The van der Waals surface area contributed by atoms with Gasteiger partial charge in [0.1, 0.15) is 24.2 Å². The summed E-state index contributed by atoms with van der Waals surface area (Å²) in [5.74, 6) is -2.48. The van der Waals surface area contributed by atoms with Crippen LogP contribution in [-0.4, -0.2) is 49.5 Å². The molecule has 7 nitrogen and oxygen atoms in total. The Hall–Kier alpha value is -3.79. The van der Waals surface area contributed by atoms with Gasteiger partial charge in [0, 0.05) is 24.1 Å². The number of carbonyl (C=O) groups is 2. The summed E-state index contributed by atoms with van der Waals surface area (Å²) in [6.07, 6.45) is 1.00. The van der Waals surface area contributed by atoms with Gasteiger partial charge in [-0.15, -0.1) is 0 Å². The average Bonchev–Trinajstić information content (AvgIpc) is 2.84. The fourth-order valence-electron chi connectivity index (χ4n) is 4.06. The quantitative estimate of drug-likeness (QED) is 0.403. The molecule has 0 radical (unpaired) electrons. The molecule has 0 heterocycles. The van der Waals surface area contributed by atoms with Crippen molar-refractivity contribution >= 4 is 27.5 Å². The summed E-state index contributed by atoms with van der Waals surface area (Å²) in [5, 5.41) is 2.89. The van der Waals surface area contributed by atoms with Crippen LogP contribution in [0.1, 0.15) is 31.9 Å². The molecule has 3 rings (SSSR count). The lowest BCUT2D eigenvalue weighted by atomic mass is 10.0. The monoisotopic (exact) mass is 557 g/mol. The number of hydrogen-bond acceptors (Lipinski definition) is 4. The van der Waals surface area contributed by atoms with Crippen LogP contribution in [0, 0.1) is 11.6 Å². The van der Waals surface area contributed by atoms with E-state index in [9.17, 15) is 26.8 Å². The molecule has 0 aliphatic rings. The molecule has 0 aliphatic carbocycles. The number of nitrogens with one attached hydrogen (secondary N) is 1. The van der Waals surface area contributed by atoms with E-state index in [2.05, 4.69) is 5.32 Å². The van der Waals surface area contributed by atoms with E-state index in [1.54, 1.807) is 51.1 Å². The van der Waals surface area contributed by atoms with E-state index in [4.69, 9.17) is 0 Å². The zero-order valence-electron chi connectivity index (χ0n) is 22.4. The first kappa shape index (κ1) is 29.8. The highest BCUT2D eigenvalue weighted by Crippen LogP contribution is 2.22. The van der Waals surface area contributed by atoms with Crippen molar-refractivity contribution in [2.24, 2.45) is 0 Å². The van der Waals surface area contributed by atoms with Gasteiger partial charge >= 0.3 is 0 Å². The Morgan fingerprint density at radius 2 is 1.56 bits per heavy atom. The molecule has 208 valence electrons. The van der Waals surface area contributed by atoms with Crippen LogP contribution in [0.15, 0.2) is 78.9 Å². The van der Waals surface area contributed by atoms with E-state index in [0.717, 1.165) is 28.3 Å². The molecule has 3 aromatic rings. The second-order valence-electron chi connectivity index (χ2n) is 10.3. The summed E-state index contributed by atoms with van der Waals surface area (Å²) in [4.78, 5) is 28.7. The lowest BCUT2D eigenvalue weighted by Crippen LogP contribution is -2.56. The molecule has 0 spiro atoms. The first-order valence-electron chi connectivity index (χ1n) is 12.4. The molecule has 2 amide bonds. The SMILES string of the molecule is CC(C)(C)NC(=O)[C@H](Cc1ccccc1)N(Cc1ccccc1F)C(=O)CN(c1cccc(F)c1)S(C)(=O)=O. The summed E-state index contributed by atoms with van der Waals surface area (Å²) in [6, 6.07) is 18.6. The molecule has 0 aliphatic heterocycles. The molecule has 0 fully saturated rings. The number of carbonyl (C=O) groups excluding carboxylic acids is 2. The van der Waals surface area contributed by atoms with Crippen molar-refractivity contribution in [1.29, 1.82) is 0 Å². The Morgan fingerprint density at radius 1 is 0.923 bits per heavy atom. The van der Waals surface area contributed by atoms with E-state index in [1.165, 1.54) is 35.2 Å². The van der Waals surface area contributed by atoms with Gasteiger partial charge in [-0.05, 0) is 50.6 Å². The second-order valence-corrected chi connectivity index (χ2v) is 12.2. The van der Waals surface area contributed by atoms with Crippen LogP contribution < -0.4 is 9.62 Å². The minimum atomic E-state index is -4.03. The Balaban J connectivity index is 2.09. The fourth-order valence-corrected chi connectivity index (χ4v) is 4.90. The molecule has 0 unspecified atom stereocenters. The Kier molecular flexibility index (Phi) is 9.45. The summed E-state index contributed by atoms with van der Waals surface area (Å²) < 4.78 is 54.9. The smallest absolute Gasteiger partial charge is 0.244 e. The molecule has 0 saturated carbocycles. The van der Waals surface area contributed by atoms with Crippen molar-refractivity contribution in [3.8, 4) is 0 Å². The van der Waals surface area contributed by atoms with Crippen molar-refractivity contribution < 1.29 is 26.8 Å². The predicted molar refractivity (Wildman–Crippen MR) is 147 cm³/mol. The third kappa shape index (κ3) is 8.61. The van der Waals surface area contributed by atoms with Gasteiger partial charge in [0.2, 0.25) is 21.8 Å². The maximum Gasteiger partial charge on any atom is 0.244 e. The standard InChI is InChI=1S/C29H33F2N3O4S/c1-29(2,3)32-28(36)26(17-21-11-6-5-7-12-21)33(19-22-13-8-9-16-25(22)31)27(35)20-34(39(4,37)38)24-15-10-14-23(30)18-24/h5-16,18,26H,17,19-20H2,1-4H3,(H,32,36)/t26-/m0/s1. The second kappa shape index (κ2) is 12.4. The largest absolute Gasteiger partial charge is 0.350 e. The van der Waals surface area contributed by atoms with Gasteiger partial charge in [-0.3, -0.25) is 13.9 Å². The van der Waals surface area contributed by atoms with Crippen molar-refractivity contribution in [3.05, 3.63) is 102 Å². The zero-order chi connectivity index (χ0) is 28.8. The number of rotatable bonds is 10. The molecule has 1 N–H and O–H groups in total. The summed E-state index contributed by atoms with van der Waals surface area (Å²) >= 11 is 0. The van der Waals surface area contributed by atoms with E-state index in [0.29, 0.717) is 0 Å². The van der Waals surface area contributed by atoms with E-state index in [1.807, 2.05) is 6.07 Å². The topological polar surface area (TPSA) is 86.8 Å². The zero-order valence-corrected chi connectivity index (χ0v) is 23.2. The number of halogens is 2. The van der Waals surface area contributed by atoms with Crippen molar-refractivity contribution in [1.82, 2.24) is 10.2 Å². The van der Waals surface area contributed by atoms with Crippen LogP contribution in [0.4, 0.5) is 14.5 Å². The number of amides is 2. The first-order valence-corrected chi connectivity index (χ1v) is 14.2. The molecular formula is C29H33F2N3O4S.